The topological polar surface area (TPSA) is 84.9 Å². The normalized spacial score (nSPS) is 10.3. The molecule has 0 unspecified atom stereocenters. The molecule has 0 radical (unpaired) electrons. The smallest absolute Gasteiger partial charge is 0.343 e. The van der Waals surface area contributed by atoms with E-state index in [9.17, 15) is 9.59 Å². The number of aliphatic carboxylic acids is 1. The molecule has 2 aromatic rings. The maximum atomic E-state index is 11.3. The number of ether oxygens (including phenoxy) is 2. The van der Waals surface area contributed by atoms with Gasteiger partial charge in [-0.05, 0) is 54.7 Å². The van der Waals surface area contributed by atoms with E-state index in [-0.39, 0.29) is 13.0 Å². The van der Waals surface area contributed by atoms with Gasteiger partial charge in [0, 0.05) is 18.7 Å². The first-order chi connectivity index (χ1) is 12.9. The molecule has 0 saturated heterocycles. The molecule has 0 aromatic heterocycles. The van der Waals surface area contributed by atoms with Gasteiger partial charge in [0.15, 0.2) is 6.61 Å². The highest BCUT2D eigenvalue weighted by molar-refractivity contribution is 5.71. The molecule has 0 saturated carbocycles. The van der Waals surface area contributed by atoms with Crippen molar-refractivity contribution in [2.24, 2.45) is 0 Å². The fourth-order valence-corrected chi connectivity index (χ4v) is 2.85. The molecular weight excluding hydrogens is 346 g/mol. The Kier molecular flexibility index (Phi) is 7.23. The molecule has 2 rings (SSSR count). The molecule has 0 amide bonds. The second-order valence-corrected chi connectivity index (χ2v) is 6.37. The summed E-state index contributed by atoms with van der Waals surface area (Å²) in [4.78, 5) is 22.0. The van der Waals surface area contributed by atoms with Crippen LogP contribution in [-0.2, 0) is 27.3 Å². The average molecular weight is 371 g/mol. The van der Waals surface area contributed by atoms with Crippen LogP contribution in [0.2, 0.25) is 0 Å². The Balaban J connectivity index is 2.01. The van der Waals surface area contributed by atoms with Crippen LogP contribution in [0.4, 0.5) is 5.69 Å². The molecule has 2 aromatic carbocycles. The Bertz CT molecular complexity index is 793. The largest absolute Gasteiger partial charge is 0.481 e. The van der Waals surface area contributed by atoms with Crippen molar-refractivity contribution in [3.8, 4) is 5.75 Å². The third-order valence-corrected chi connectivity index (χ3v) is 4.13. The molecule has 6 heteroatoms. The highest BCUT2D eigenvalue weighted by Gasteiger charge is 2.09. The van der Waals surface area contributed by atoms with Crippen molar-refractivity contribution >= 4 is 17.6 Å². The van der Waals surface area contributed by atoms with Crippen molar-refractivity contribution in [3.63, 3.8) is 0 Å². The van der Waals surface area contributed by atoms with Crippen LogP contribution < -0.4 is 10.1 Å². The van der Waals surface area contributed by atoms with Crippen LogP contribution in [0.3, 0.4) is 0 Å². The Morgan fingerprint density at radius 2 is 1.78 bits per heavy atom. The van der Waals surface area contributed by atoms with Crippen LogP contribution in [0.1, 0.15) is 28.7 Å². The molecule has 0 heterocycles. The van der Waals surface area contributed by atoms with Crippen molar-refractivity contribution in [3.05, 3.63) is 58.7 Å². The number of methoxy groups -OCH3 is 1. The number of hydrogen-bond acceptors (Lipinski definition) is 5. The highest BCUT2D eigenvalue weighted by atomic mass is 16.6. The lowest BCUT2D eigenvalue weighted by Gasteiger charge is -2.14. The molecule has 6 nitrogen and oxygen atoms in total. The van der Waals surface area contributed by atoms with Gasteiger partial charge >= 0.3 is 11.9 Å². The van der Waals surface area contributed by atoms with Gasteiger partial charge in [0.25, 0.3) is 0 Å². The van der Waals surface area contributed by atoms with E-state index in [4.69, 9.17) is 9.84 Å². The molecule has 144 valence electrons. The fraction of sp³-hybridized carbons (Fsp3) is 0.333. The molecular formula is C21H25NO5. The Morgan fingerprint density at radius 1 is 1.07 bits per heavy atom. The summed E-state index contributed by atoms with van der Waals surface area (Å²) in [6.07, 6.45) is 0.629. The summed E-state index contributed by atoms with van der Waals surface area (Å²) in [6.45, 7) is 4.39. The number of esters is 1. The zero-order valence-corrected chi connectivity index (χ0v) is 15.9. The fourth-order valence-electron chi connectivity index (χ4n) is 2.85. The average Bonchev–Trinajstić information content (AvgIpc) is 2.64. The summed E-state index contributed by atoms with van der Waals surface area (Å²) in [5.41, 5.74) is 4.92. The van der Waals surface area contributed by atoms with Gasteiger partial charge in [-0.3, -0.25) is 4.79 Å². The van der Waals surface area contributed by atoms with Crippen molar-refractivity contribution in [1.29, 1.82) is 0 Å². The first kappa shape index (κ1) is 20.3. The summed E-state index contributed by atoms with van der Waals surface area (Å²) in [6, 6.07) is 11.8. The lowest BCUT2D eigenvalue weighted by atomic mass is 10.1. The van der Waals surface area contributed by atoms with Crippen LogP contribution in [0.5, 0.6) is 5.75 Å². The van der Waals surface area contributed by atoms with Gasteiger partial charge < -0.3 is 19.9 Å². The molecule has 0 atom stereocenters. The number of rotatable bonds is 9. The van der Waals surface area contributed by atoms with E-state index < -0.39 is 11.9 Å². The van der Waals surface area contributed by atoms with Gasteiger partial charge in [0.1, 0.15) is 5.75 Å². The number of anilines is 1. The van der Waals surface area contributed by atoms with E-state index in [1.807, 2.05) is 50.2 Å². The quantitative estimate of drug-likeness (QED) is 0.657. The second-order valence-electron chi connectivity index (χ2n) is 6.37. The number of hydrogen-bond donors (Lipinski definition) is 2. The summed E-state index contributed by atoms with van der Waals surface area (Å²) in [5.74, 6) is -0.518. The van der Waals surface area contributed by atoms with Crippen LogP contribution >= 0.6 is 0 Å². The molecule has 0 aliphatic rings. The van der Waals surface area contributed by atoms with E-state index in [0.29, 0.717) is 18.7 Å². The van der Waals surface area contributed by atoms with Crippen LogP contribution in [-0.4, -0.2) is 30.8 Å². The van der Waals surface area contributed by atoms with Gasteiger partial charge in [-0.1, -0.05) is 24.3 Å². The first-order valence-corrected chi connectivity index (χ1v) is 8.73. The highest BCUT2D eigenvalue weighted by Crippen LogP contribution is 2.25. The lowest BCUT2D eigenvalue weighted by Crippen LogP contribution is -2.14. The third-order valence-electron chi connectivity index (χ3n) is 4.13. The maximum absolute atomic E-state index is 11.3. The second kappa shape index (κ2) is 9.62. The summed E-state index contributed by atoms with van der Waals surface area (Å²) in [5, 5.41) is 12.2. The van der Waals surface area contributed by atoms with Gasteiger partial charge in [0.2, 0.25) is 0 Å². The molecule has 0 aliphatic heterocycles. The number of carboxylic acid groups (broad SMARTS) is 1. The van der Waals surface area contributed by atoms with Gasteiger partial charge in [-0.25, -0.2) is 4.79 Å². The zero-order chi connectivity index (χ0) is 19.8. The van der Waals surface area contributed by atoms with Gasteiger partial charge in [0.05, 0.1) is 7.11 Å². The lowest BCUT2D eigenvalue weighted by molar-refractivity contribution is -0.143. The van der Waals surface area contributed by atoms with Crippen LogP contribution in [0.15, 0.2) is 36.4 Å². The molecule has 0 fully saturated rings. The standard InChI is InChI=1S/C21H25NO5/c1-14-9-17(10-15(2)21(14)27-13-20(25)26-3)12-22-18-6-4-5-16(11-18)7-8-19(23)24/h4-6,9-11,22H,7-8,12-13H2,1-3H3,(H,23,24). The third kappa shape index (κ3) is 6.33. The molecule has 0 aliphatic carbocycles. The minimum atomic E-state index is -0.797. The van der Waals surface area contributed by atoms with E-state index in [1.54, 1.807) is 0 Å². The zero-order valence-electron chi connectivity index (χ0n) is 15.9. The minimum absolute atomic E-state index is 0.112. The predicted molar refractivity (Wildman–Crippen MR) is 103 cm³/mol. The van der Waals surface area contributed by atoms with E-state index >= 15 is 0 Å². The SMILES string of the molecule is COC(=O)COc1c(C)cc(CNc2cccc(CCC(=O)O)c2)cc1C. The van der Waals surface area contributed by atoms with E-state index in [0.717, 1.165) is 27.9 Å². The Morgan fingerprint density at radius 3 is 2.41 bits per heavy atom. The molecule has 27 heavy (non-hydrogen) atoms. The number of benzene rings is 2. The number of carboxylic acids is 1. The first-order valence-electron chi connectivity index (χ1n) is 8.73. The number of nitrogens with one attached hydrogen (secondary N) is 1. The van der Waals surface area contributed by atoms with Crippen molar-refractivity contribution in [1.82, 2.24) is 0 Å². The van der Waals surface area contributed by atoms with Crippen molar-refractivity contribution in [2.75, 3.05) is 19.0 Å². The number of aryl methyl sites for hydroxylation is 3. The maximum Gasteiger partial charge on any atom is 0.343 e. The summed E-state index contributed by atoms with van der Waals surface area (Å²) >= 11 is 0. The molecule has 0 spiro atoms. The summed E-state index contributed by atoms with van der Waals surface area (Å²) in [7, 11) is 1.33. The summed E-state index contributed by atoms with van der Waals surface area (Å²) < 4.78 is 10.2. The van der Waals surface area contributed by atoms with Crippen LogP contribution in [0, 0.1) is 13.8 Å². The Labute approximate surface area is 159 Å². The number of carbonyl (C=O) groups excluding carboxylic acids is 1. The van der Waals surface area contributed by atoms with Gasteiger partial charge in [-0.2, -0.15) is 0 Å². The minimum Gasteiger partial charge on any atom is -0.481 e. The predicted octanol–water partition coefficient (Wildman–Crippen LogP) is 3.48. The van der Waals surface area contributed by atoms with E-state index in [1.165, 1.54) is 7.11 Å². The van der Waals surface area contributed by atoms with E-state index in [2.05, 4.69) is 10.1 Å². The molecule has 0 bridgehead atoms. The number of carbonyl (C=O) groups is 2. The monoisotopic (exact) mass is 371 g/mol. The molecule has 2 N–H and O–H groups in total. The van der Waals surface area contributed by atoms with Crippen molar-refractivity contribution < 1.29 is 24.2 Å². The van der Waals surface area contributed by atoms with Crippen molar-refractivity contribution in [2.45, 2.75) is 33.2 Å². The van der Waals surface area contributed by atoms with Crippen LogP contribution in [0.25, 0.3) is 0 Å². The van der Waals surface area contributed by atoms with Gasteiger partial charge in [-0.15, -0.1) is 0 Å². The Hall–Kier alpha value is -3.02.